The van der Waals surface area contributed by atoms with E-state index in [1.807, 2.05) is 5.92 Å². The molecule has 2 amide bonds. The maximum absolute atomic E-state index is 12.6. The molecule has 1 aliphatic rings. The number of amides is 2. The van der Waals surface area contributed by atoms with Gasteiger partial charge in [0, 0.05) is 18.5 Å². The number of anilines is 1. The molecule has 0 radical (unpaired) electrons. The molecule has 0 saturated carbocycles. The van der Waals surface area contributed by atoms with Gasteiger partial charge in [0.05, 0.1) is 5.02 Å². The van der Waals surface area contributed by atoms with Crippen LogP contribution < -0.4 is 15.4 Å². The van der Waals surface area contributed by atoms with Gasteiger partial charge < -0.3 is 10.5 Å². The zero-order valence-electron chi connectivity index (χ0n) is 14.8. The predicted octanol–water partition coefficient (Wildman–Crippen LogP) is 3.23. The van der Waals surface area contributed by atoms with Crippen LogP contribution >= 0.6 is 11.6 Å². The molecule has 0 bridgehead atoms. The first-order chi connectivity index (χ1) is 13.6. The second kappa shape index (κ2) is 7.33. The third-order valence-corrected chi connectivity index (χ3v) is 4.99. The Morgan fingerprint density at radius 3 is 2.21 bits per heavy atom. The van der Waals surface area contributed by atoms with Crippen LogP contribution in [0.15, 0.2) is 42.5 Å². The zero-order chi connectivity index (χ0) is 21.4. The number of halogens is 4. The first kappa shape index (κ1) is 20.6. The Morgan fingerprint density at radius 1 is 1.17 bits per heavy atom. The first-order valence-corrected chi connectivity index (χ1v) is 8.68. The van der Waals surface area contributed by atoms with Crippen LogP contribution in [-0.2, 0) is 22.4 Å². The van der Waals surface area contributed by atoms with Crippen molar-refractivity contribution in [2.24, 2.45) is 5.73 Å². The summed E-state index contributed by atoms with van der Waals surface area (Å²) in [7, 11) is 0. The number of alkyl halides is 3. The number of fused-ring (bicyclic) bond motifs is 1. The number of benzene rings is 2. The summed E-state index contributed by atoms with van der Waals surface area (Å²) >= 11 is 5.92. The number of nitrogens with two attached hydrogens (primary N) is 1. The average Bonchev–Trinajstić information content (AvgIpc) is 3.03. The molecular formula is C20H14ClF3N2O3. The van der Waals surface area contributed by atoms with E-state index in [0.717, 1.165) is 34.2 Å². The second-order valence-corrected chi connectivity index (χ2v) is 6.87. The molecule has 0 saturated heterocycles. The molecule has 0 unspecified atom stereocenters. The topological polar surface area (TPSA) is 72.6 Å². The number of nitrogens with zero attached hydrogens (tertiary/aromatic N) is 1. The molecule has 0 aromatic heterocycles. The van der Waals surface area contributed by atoms with E-state index in [9.17, 15) is 22.8 Å². The Balaban J connectivity index is 2.09. The summed E-state index contributed by atoms with van der Waals surface area (Å²) < 4.78 is 41.3. The van der Waals surface area contributed by atoms with Gasteiger partial charge >= 0.3 is 12.3 Å². The molecule has 0 atom stereocenters. The van der Waals surface area contributed by atoms with Crippen LogP contribution in [0.4, 0.5) is 18.9 Å². The molecule has 2 aromatic rings. The van der Waals surface area contributed by atoms with Crippen LogP contribution in [0, 0.1) is 12.3 Å². The van der Waals surface area contributed by atoms with Crippen molar-refractivity contribution in [2.75, 3.05) is 4.90 Å². The molecule has 0 heterocycles. The van der Waals surface area contributed by atoms with Gasteiger partial charge in [-0.3, -0.25) is 14.5 Å². The van der Waals surface area contributed by atoms with E-state index in [0.29, 0.717) is 0 Å². The van der Waals surface area contributed by atoms with Crippen molar-refractivity contribution in [2.45, 2.75) is 24.7 Å². The average molecular weight is 423 g/mol. The Bertz CT molecular complexity index is 1010. The van der Waals surface area contributed by atoms with Gasteiger partial charge in [-0.05, 0) is 35.2 Å². The lowest BCUT2D eigenvalue weighted by Crippen LogP contribution is -2.61. The fourth-order valence-electron chi connectivity index (χ4n) is 3.50. The lowest BCUT2D eigenvalue weighted by atomic mass is 9.91. The standard InChI is InChI=1S/C20H14ClF3N2O3/c1-2-17(27)26(14-7-8-16(15(21)9-14)29-20(22,23)24)19(18(25)28)10-12-5-3-4-6-13(12)11-19/h1,3-9H,10-11H2,(H2,25,28). The lowest BCUT2D eigenvalue weighted by Gasteiger charge is -2.37. The van der Waals surface area contributed by atoms with Crippen molar-refractivity contribution in [1.82, 2.24) is 0 Å². The summed E-state index contributed by atoms with van der Waals surface area (Å²) in [4.78, 5) is 26.1. The van der Waals surface area contributed by atoms with Crippen molar-refractivity contribution >= 4 is 29.1 Å². The third kappa shape index (κ3) is 3.87. The number of hydrogen-bond acceptors (Lipinski definition) is 3. The fourth-order valence-corrected chi connectivity index (χ4v) is 3.71. The van der Waals surface area contributed by atoms with E-state index in [-0.39, 0.29) is 18.5 Å². The number of primary amides is 1. The number of rotatable bonds is 4. The Labute approximate surface area is 169 Å². The van der Waals surface area contributed by atoms with Crippen molar-refractivity contribution in [1.29, 1.82) is 0 Å². The molecule has 0 fully saturated rings. The molecule has 3 rings (SSSR count). The van der Waals surface area contributed by atoms with E-state index >= 15 is 0 Å². The molecule has 9 heteroatoms. The minimum absolute atomic E-state index is 0.0269. The van der Waals surface area contributed by atoms with Crippen LogP contribution in [0.2, 0.25) is 5.02 Å². The van der Waals surface area contributed by atoms with Gasteiger partial charge in [0.15, 0.2) is 0 Å². The molecule has 5 nitrogen and oxygen atoms in total. The highest BCUT2D eigenvalue weighted by molar-refractivity contribution is 6.32. The number of ether oxygens (including phenoxy) is 1. The van der Waals surface area contributed by atoms with E-state index in [4.69, 9.17) is 23.8 Å². The van der Waals surface area contributed by atoms with Gasteiger partial charge in [-0.1, -0.05) is 35.9 Å². The Hall–Kier alpha value is -3.18. The number of terminal acetylenes is 1. The molecule has 0 aliphatic heterocycles. The van der Waals surface area contributed by atoms with Crippen LogP contribution in [0.3, 0.4) is 0 Å². The Morgan fingerprint density at radius 2 is 1.76 bits per heavy atom. The predicted molar refractivity (Wildman–Crippen MR) is 100 cm³/mol. The monoisotopic (exact) mass is 422 g/mol. The number of carbonyl (C=O) groups is 2. The maximum atomic E-state index is 12.6. The van der Waals surface area contributed by atoms with E-state index in [1.54, 1.807) is 24.3 Å². The van der Waals surface area contributed by atoms with Crippen LogP contribution in [0.1, 0.15) is 11.1 Å². The quantitative estimate of drug-likeness (QED) is 0.769. The first-order valence-electron chi connectivity index (χ1n) is 8.30. The van der Waals surface area contributed by atoms with Crippen molar-refractivity contribution in [3.63, 3.8) is 0 Å². The van der Waals surface area contributed by atoms with Gasteiger partial charge in [-0.2, -0.15) is 0 Å². The van der Waals surface area contributed by atoms with Gasteiger partial charge in [0.25, 0.3) is 0 Å². The Kier molecular flexibility index (Phi) is 5.20. The van der Waals surface area contributed by atoms with Crippen LogP contribution in [-0.4, -0.2) is 23.7 Å². The summed E-state index contributed by atoms with van der Waals surface area (Å²) in [6.07, 6.45) is 0.553. The van der Waals surface area contributed by atoms with E-state index in [2.05, 4.69) is 4.74 Å². The van der Waals surface area contributed by atoms with Gasteiger partial charge in [0.1, 0.15) is 11.3 Å². The summed E-state index contributed by atoms with van der Waals surface area (Å²) in [5, 5.41) is -0.412. The molecule has 150 valence electrons. The van der Waals surface area contributed by atoms with Crippen molar-refractivity contribution < 1.29 is 27.5 Å². The molecule has 2 aromatic carbocycles. The van der Waals surface area contributed by atoms with Gasteiger partial charge in [0.2, 0.25) is 5.91 Å². The van der Waals surface area contributed by atoms with Crippen molar-refractivity contribution in [3.05, 3.63) is 58.6 Å². The highest BCUT2D eigenvalue weighted by atomic mass is 35.5. The second-order valence-electron chi connectivity index (χ2n) is 6.47. The minimum Gasteiger partial charge on any atom is -0.404 e. The largest absolute Gasteiger partial charge is 0.573 e. The lowest BCUT2D eigenvalue weighted by molar-refractivity contribution is -0.274. The maximum Gasteiger partial charge on any atom is 0.573 e. The van der Waals surface area contributed by atoms with Gasteiger partial charge in [-0.25, -0.2) is 0 Å². The zero-order valence-corrected chi connectivity index (χ0v) is 15.6. The summed E-state index contributed by atoms with van der Waals surface area (Å²) in [5.41, 5.74) is 5.81. The smallest absolute Gasteiger partial charge is 0.404 e. The molecule has 0 spiro atoms. The van der Waals surface area contributed by atoms with Crippen molar-refractivity contribution in [3.8, 4) is 18.1 Å². The van der Waals surface area contributed by atoms with E-state index in [1.165, 1.54) is 0 Å². The number of hydrogen-bond donors (Lipinski definition) is 1. The summed E-state index contributed by atoms with van der Waals surface area (Å²) in [6.45, 7) is 0. The van der Waals surface area contributed by atoms with Gasteiger partial charge in [-0.15, -0.1) is 19.6 Å². The fraction of sp³-hybridized carbons (Fsp3) is 0.200. The van der Waals surface area contributed by atoms with E-state index < -0.39 is 34.5 Å². The summed E-state index contributed by atoms with van der Waals surface area (Å²) in [5.74, 6) is -0.389. The van der Waals surface area contributed by atoms with Crippen LogP contribution in [0.25, 0.3) is 0 Å². The highest BCUT2D eigenvalue weighted by Gasteiger charge is 2.50. The highest BCUT2D eigenvalue weighted by Crippen LogP contribution is 2.40. The molecule has 29 heavy (non-hydrogen) atoms. The SMILES string of the molecule is C#CC(=O)N(c1ccc(OC(F)(F)F)c(Cl)c1)C1(C(N)=O)Cc2ccccc2C1. The molecular weight excluding hydrogens is 409 g/mol. The number of carbonyl (C=O) groups excluding carboxylic acids is 2. The minimum atomic E-state index is -4.94. The summed E-state index contributed by atoms with van der Waals surface area (Å²) in [6, 6.07) is 10.3. The third-order valence-electron chi connectivity index (χ3n) is 4.70. The van der Waals surface area contributed by atoms with Crippen LogP contribution in [0.5, 0.6) is 5.75 Å². The normalized spacial score (nSPS) is 14.6. The molecule has 2 N–H and O–H groups in total. The molecule has 1 aliphatic carbocycles.